The number of piperazine rings is 1. The second-order valence-electron chi connectivity index (χ2n) is 9.90. The summed E-state index contributed by atoms with van der Waals surface area (Å²) in [7, 11) is 3.83. The Morgan fingerprint density at radius 3 is 2.97 bits per heavy atom. The Bertz CT molecular complexity index is 1460. The molecule has 1 amide bonds. The van der Waals surface area contributed by atoms with Crippen molar-refractivity contribution in [2.24, 2.45) is 5.92 Å². The van der Waals surface area contributed by atoms with E-state index in [0.717, 1.165) is 66.0 Å². The van der Waals surface area contributed by atoms with E-state index in [4.69, 9.17) is 4.74 Å². The molecule has 3 aliphatic rings. The molecule has 0 spiro atoms. The lowest BCUT2D eigenvalue weighted by atomic mass is 9.86. The van der Waals surface area contributed by atoms with Gasteiger partial charge in [-0.05, 0) is 50.4 Å². The summed E-state index contributed by atoms with van der Waals surface area (Å²) in [6, 6.07) is 4.89. The maximum atomic E-state index is 13.4. The molecule has 2 aliphatic heterocycles. The summed E-state index contributed by atoms with van der Waals surface area (Å²) in [5.41, 5.74) is 3.08. The van der Waals surface area contributed by atoms with Gasteiger partial charge in [0.15, 0.2) is 5.75 Å². The Balaban J connectivity index is 1.19. The minimum atomic E-state index is 0.0638. The predicted octanol–water partition coefficient (Wildman–Crippen LogP) is 3.11. The van der Waals surface area contributed by atoms with Crippen molar-refractivity contribution >= 4 is 44.5 Å². The predicted molar refractivity (Wildman–Crippen MR) is 134 cm³/mol. The summed E-state index contributed by atoms with van der Waals surface area (Å²) in [4.78, 5) is 29.4. The molecule has 0 unspecified atom stereocenters. The van der Waals surface area contributed by atoms with Crippen LogP contribution >= 0.6 is 11.3 Å². The number of likely N-dealkylation sites (N-methyl/N-ethyl adjacent to an activating group) is 1. The van der Waals surface area contributed by atoms with Gasteiger partial charge in [0, 0.05) is 42.2 Å². The van der Waals surface area contributed by atoms with Crippen molar-refractivity contribution in [3.63, 3.8) is 0 Å². The molecule has 9 nitrogen and oxygen atoms in total. The number of pyridine rings is 1. The zero-order valence-corrected chi connectivity index (χ0v) is 20.6. The first-order chi connectivity index (χ1) is 17.1. The van der Waals surface area contributed by atoms with E-state index in [1.54, 1.807) is 35.5 Å². The van der Waals surface area contributed by atoms with Crippen LogP contribution in [0.25, 0.3) is 15.7 Å². The number of aryl methyl sites for hydroxylation is 1. The molecule has 1 aliphatic carbocycles. The van der Waals surface area contributed by atoms with E-state index in [1.165, 1.54) is 10.4 Å². The van der Waals surface area contributed by atoms with Gasteiger partial charge in [0.1, 0.15) is 17.0 Å². The summed E-state index contributed by atoms with van der Waals surface area (Å²) in [6.45, 7) is 1.90. The highest BCUT2D eigenvalue weighted by Crippen LogP contribution is 2.42. The topological polar surface area (TPSA) is 87.9 Å². The van der Waals surface area contributed by atoms with Crippen LogP contribution in [-0.2, 0) is 17.6 Å². The van der Waals surface area contributed by atoms with Crippen molar-refractivity contribution < 1.29 is 9.53 Å². The molecular formula is C25H27N7O2S. The fourth-order valence-corrected chi connectivity index (χ4v) is 7.39. The molecule has 4 aromatic rings. The molecule has 4 aromatic heterocycles. The number of likely N-dealkylation sites (tertiary alicyclic amines) is 2. The van der Waals surface area contributed by atoms with Gasteiger partial charge in [-0.2, -0.15) is 5.10 Å². The van der Waals surface area contributed by atoms with Gasteiger partial charge in [-0.1, -0.05) is 0 Å². The van der Waals surface area contributed by atoms with E-state index < -0.39 is 0 Å². The number of nitrogens with one attached hydrogen (secondary N) is 1. The van der Waals surface area contributed by atoms with Gasteiger partial charge in [-0.15, -0.1) is 11.3 Å². The number of ether oxygens (including phenoxy) is 1. The molecule has 0 aromatic carbocycles. The molecular weight excluding hydrogens is 462 g/mol. The van der Waals surface area contributed by atoms with Crippen LogP contribution in [0.5, 0.6) is 5.75 Å². The summed E-state index contributed by atoms with van der Waals surface area (Å²) in [6.07, 6.45) is 8.90. The Morgan fingerprint density at radius 1 is 1.26 bits per heavy atom. The number of rotatable bonds is 4. The number of nitrogens with zero attached hydrogens (tertiary/aromatic N) is 6. The average molecular weight is 490 g/mol. The van der Waals surface area contributed by atoms with Crippen molar-refractivity contribution in [1.29, 1.82) is 0 Å². The van der Waals surface area contributed by atoms with Gasteiger partial charge in [-0.25, -0.2) is 14.5 Å². The monoisotopic (exact) mass is 489 g/mol. The first-order valence-electron chi connectivity index (χ1n) is 12.1. The van der Waals surface area contributed by atoms with Crippen LogP contribution < -0.4 is 10.1 Å². The minimum absolute atomic E-state index is 0.0638. The summed E-state index contributed by atoms with van der Waals surface area (Å²) in [5, 5.41) is 8.85. The van der Waals surface area contributed by atoms with Crippen molar-refractivity contribution in [1.82, 2.24) is 29.4 Å². The van der Waals surface area contributed by atoms with Gasteiger partial charge in [-0.3, -0.25) is 9.69 Å². The van der Waals surface area contributed by atoms with E-state index in [1.807, 2.05) is 18.3 Å². The molecule has 10 heteroatoms. The largest absolute Gasteiger partial charge is 0.493 e. The van der Waals surface area contributed by atoms with Crippen LogP contribution in [0, 0.1) is 5.92 Å². The third kappa shape index (κ3) is 3.30. The molecule has 0 saturated carbocycles. The first-order valence-corrected chi connectivity index (χ1v) is 12.9. The average Bonchev–Trinajstić information content (AvgIpc) is 3.64. The summed E-state index contributed by atoms with van der Waals surface area (Å²) in [5.74, 6) is 1.87. The number of fused-ring (bicyclic) bond motifs is 6. The number of methoxy groups -OCH3 is 1. The highest BCUT2D eigenvalue weighted by Gasteiger charge is 2.45. The smallest absolute Gasteiger partial charge is 0.226 e. The zero-order valence-electron chi connectivity index (χ0n) is 19.8. The van der Waals surface area contributed by atoms with Crippen molar-refractivity contribution in [2.75, 3.05) is 32.6 Å². The Kier molecular flexibility index (Phi) is 4.75. The maximum Gasteiger partial charge on any atom is 0.226 e. The second kappa shape index (κ2) is 7.89. The van der Waals surface area contributed by atoms with Crippen LogP contribution in [0.1, 0.15) is 23.3 Å². The Labute approximate surface area is 206 Å². The van der Waals surface area contributed by atoms with Crippen LogP contribution in [0.3, 0.4) is 0 Å². The molecule has 2 bridgehead atoms. The molecule has 6 heterocycles. The lowest BCUT2D eigenvalue weighted by molar-refractivity contribution is -0.138. The molecule has 3 atom stereocenters. The quantitative estimate of drug-likeness (QED) is 0.471. The fraction of sp³-hybridized carbons (Fsp3) is 0.440. The summed E-state index contributed by atoms with van der Waals surface area (Å²) >= 11 is 1.70. The van der Waals surface area contributed by atoms with Crippen LogP contribution in [-0.4, -0.2) is 74.6 Å². The van der Waals surface area contributed by atoms with E-state index in [2.05, 4.69) is 37.2 Å². The lowest BCUT2D eigenvalue weighted by Gasteiger charge is -2.35. The molecule has 180 valence electrons. The number of aromatic nitrogens is 4. The lowest BCUT2D eigenvalue weighted by Crippen LogP contribution is -2.49. The molecule has 2 fully saturated rings. The van der Waals surface area contributed by atoms with Crippen LogP contribution in [0.2, 0.25) is 0 Å². The number of thiophene rings is 1. The molecule has 7 rings (SSSR count). The van der Waals surface area contributed by atoms with E-state index in [-0.39, 0.29) is 5.92 Å². The van der Waals surface area contributed by atoms with Gasteiger partial charge < -0.3 is 15.0 Å². The molecule has 35 heavy (non-hydrogen) atoms. The fourth-order valence-electron chi connectivity index (χ4n) is 6.12. The molecule has 0 radical (unpaired) electrons. The van der Waals surface area contributed by atoms with Gasteiger partial charge >= 0.3 is 0 Å². The third-order valence-electron chi connectivity index (χ3n) is 7.96. The van der Waals surface area contributed by atoms with Gasteiger partial charge in [0.05, 0.1) is 29.9 Å². The molecule has 2 saturated heterocycles. The minimum Gasteiger partial charge on any atom is -0.493 e. The van der Waals surface area contributed by atoms with Crippen molar-refractivity contribution in [3.8, 4) is 5.75 Å². The van der Waals surface area contributed by atoms with Crippen LogP contribution in [0.4, 0.5) is 11.5 Å². The first kappa shape index (κ1) is 21.1. The number of carbonyl (C=O) groups excluding carboxylic acids is 1. The van der Waals surface area contributed by atoms with Crippen molar-refractivity contribution in [3.05, 3.63) is 41.3 Å². The number of amides is 1. The SMILES string of the molecule is COc1cn2nccc2cc1Nc1ncnc2sc3c(c12)CC[C@H](C(=O)N1C[C@H]2C[C@@H]1CN2C)C3. The normalized spacial score (nSPS) is 23.8. The Morgan fingerprint density at radius 2 is 2.17 bits per heavy atom. The number of hydrogen-bond acceptors (Lipinski definition) is 8. The standard InChI is InChI=1S/C25H27N7O2S/c1-30-10-17-8-16(30)11-31(17)25(33)14-3-4-18-21(7-14)35-24-22(18)23(26-13-27-24)29-19-9-15-5-6-28-32(15)12-20(19)34-2/h5-6,9,12-14,16-17H,3-4,7-8,10-11H2,1-2H3,(H,26,27,29)/t14-,16+,17+/m0/s1. The third-order valence-corrected chi connectivity index (χ3v) is 9.13. The van der Waals surface area contributed by atoms with Crippen LogP contribution in [0.15, 0.2) is 30.9 Å². The number of anilines is 2. The highest BCUT2D eigenvalue weighted by atomic mass is 32.1. The van der Waals surface area contributed by atoms with E-state index in [9.17, 15) is 4.79 Å². The Hall–Kier alpha value is -3.24. The van der Waals surface area contributed by atoms with Crippen molar-refractivity contribution in [2.45, 2.75) is 37.8 Å². The molecule has 1 N–H and O–H groups in total. The summed E-state index contributed by atoms with van der Waals surface area (Å²) < 4.78 is 7.39. The van der Waals surface area contributed by atoms with E-state index >= 15 is 0 Å². The zero-order chi connectivity index (χ0) is 23.7. The van der Waals surface area contributed by atoms with Gasteiger partial charge in [0.2, 0.25) is 5.91 Å². The highest BCUT2D eigenvalue weighted by molar-refractivity contribution is 7.19. The number of hydrogen-bond donors (Lipinski definition) is 1. The second-order valence-corrected chi connectivity index (χ2v) is 11.0. The van der Waals surface area contributed by atoms with E-state index in [0.29, 0.717) is 23.7 Å². The maximum absolute atomic E-state index is 13.4. The van der Waals surface area contributed by atoms with Gasteiger partial charge in [0.25, 0.3) is 0 Å². The number of carbonyl (C=O) groups is 1.